The molecule has 1 aliphatic heterocycles. The molecule has 0 radical (unpaired) electrons. The van der Waals surface area contributed by atoms with Crippen LogP contribution in [0.5, 0.6) is 5.75 Å². The molecule has 2 unspecified atom stereocenters. The van der Waals surface area contributed by atoms with Gasteiger partial charge in [0.1, 0.15) is 11.9 Å². The number of nitrogens with one attached hydrogen (secondary N) is 2. The van der Waals surface area contributed by atoms with E-state index in [1.807, 2.05) is 0 Å². The van der Waals surface area contributed by atoms with Crippen LogP contribution in [0.3, 0.4) is 0 Å². The van der Waals surface area contributed by atoms with Gasteiger partial charge >= 0.3 is 0 Å². The fourth-order valence-corrected chi connectivity index (χ4v) is 3.09. The number of terminal acetylenes is 1. The summed E-state index contributed by atoms with van der Waals surface area (Å²) in [6.07, 6.45) is 4.65. The average molecular weight is 319 g/mol. The molecule has 2 rings (SSSR count). The highest BCUT2D eigenvalue weighted by Gasteiger charge is 2.43. The number of amides is 1. The van der Waals surface area contributed by atoms with E-state index in [9.17, 15) is 9.18 Å². The zero-order valence-corrected chi connectivity index (χ0v) is 13.4. The molecule has 1 heterocycles. The minimum Gasteiger partial charge on any atom is -0.494 e. The predicted octanol–water partition coefficient (Wildman–Crippen LogP) is 1.43. The van der Waals surface area contributed by atoms with Crippen LogP contribution in [0.1, 0.15) is 29.3 Å². The maximum Gasteiger partial charge on any atom is 0.249 e. The Hall–Kier alpha value is -2.26. The van der Waals surface area contributed by atoms with Crippen molar-refractivity contribution in [3.63, 3.8) is 0 Å². The zero-order valence-electron chi connectivity index (χ0n) is 13.4. The highest BCUT2D eigenvalue weighted by Crippen LogP contribution is 2.45. The Morgan fingerprint density at radius 1 is 1.65 bits per heavy atom. The molecule has 23 heavy (non-hydrogen) atoms. The van der Waals surface area contributed by atoms with Gasteiger partial charge in [0.05, 0.1) is 19.3 Å². The molecule has 1 saturated heterocycles. The largest absolute Gasteiger partial charge is 0.494 e. The fourth-order valence-electron chi connectivity index (χ4n) is 3.09. The molecule has 0 bridgehead atoms. The van der Waals surface area contributed by atoms with Gasteiger partial charge in [-0.15, -0.1) is 6.42 Å². The topological polar surface area (TPSA) is 76.4 Å². The first-order valence-electron chi connectivity index (χ1n) is 7.49. The quantitative estimate of drug-likeness (QED) is 0.718. The third kappa shape index (κ3) is 3.10. The predicted molar refractivity (Wildman–Crippen MR) is 88.6 cm³/mol. The number of hydrogen-bond donors (Lipinski definition) is 3. The van der Waals surface area contributed by atoms with E-state index in [4.69, 9.17) is 16.9 Å². The van der Waals surface area contributed by atoms with Crippen LogP contribution in [0.4, 0.5) is 10.1 Å². The summed E-state index contributed by atoms with van der Waals surface area (Å²) in [5.41, 5.74) is 6.05. The van der Waals surface area contributed by atoms with E-state index in [-0.39, 0.29) is 12.1 Å². The molecule has 2 atom stereocenters. The molecule has 1 aromatic rings. The summed E-state index contributed by atoms with van der Waals surface area (Å²) in [6, 6.07) is 3.27. The van der Waals surface area contributed by atoms with Gasteiger partial charge in [-0.2, -0.15) is 0 Å². The standard InChI is InChI=1S/C17H22FN3O2/c1-4-8-21-12-6-5-11(16(19)22)14(15(12)23-3)17(2)7-9-20-10-13(17)18/h1,5-6,13,20-21H,7-10H2,2-3H3,(H2,19,22). The van der Waals surface area contributed by atoms with Crippen molar-refractivity contribution in [1.29, 1.82) is 0 Å². The number of methoxy groups -OCH3 is 1. The van der Waals surface area contributed by atoms with Crippen LogP contribution in [0, 0.1) is 12.3 Å². The second-order valence-electron chi connectivity index (χ2n) is 5.83. The Bertz CT molecular complexity index is 641. The number of primary amides is 1. The molecule has 1 aromatic carbocycles. The third-order valence-electron chi connectivity index (χ3n) is 4.42. The zero-order chi connectivity index (χ0) is 17.0. The second-order valence-corrected chi connectivity index (χ2v) is 5.83. The van der Waals surface area contributed by atoms with Crippen LogP contribution < -0.4 is 21.1 Å². The van der Waals surface area contributed by atoms with Crippen molar-refractivity contribution in [3.05, 3.63) is 23.3 Å². The number of piperidine rings is 1. The first-order chi connectivity index (χ1) is 11.0. The van der Waals surface area contributed by atoms with Crippen LogP contribution in [0.15, 0.2) is 12.1 Å². The number of rotatable bonds is 5. The number of hydrogen-bond acceptors (Lipinski definition) is 4. The average Bonchev–Trinajstić information content (AvgIpc) is 2.54. The van der Waals surface area contributed by atoms with Gasteiger partial charge in [-0.25, -0.2) is 4.39 Å². The lowest BCUT2D eigenvalue weighted by atomic mass is 9.71. The molecule has 6 heteroatoms. The van der Waals surface area contributed by atoms with Crippen molar-refractivity contribution in [1.82, 2.24) is 5.32 Å². The lowest BCUT2D eigenvalue weighted by Crippen LogP contribution is -2.49. The monoisotopic (exact) mass is 319 g/mol. The Labute approximate surface area is 135 Å². The second kappa shape index (κ2) is 6.88. The van der Waals surface area contributed by atoms with Crippen LogP contribution in [-0.4, -0.2) is 38.8 Å². The van der Waals surface area contributed by atoms with E-state index in [2.05, 4.69) is 16.6 Å². The number of ether oxygens (including phenoxy) is 1. The van der Waals surface area contributed by atoms with Gasteiger partial charge in [0, 0.05) is 23.1 Å². The molecule has 0 saturated carbocycles. The Morgan fingerprint density at radius 3 is 2.96 bits per heavy atom. The van der Waals surface area contributed by atoms with Crippen molar-refractivity contribution in [2.24, 2.45) is 5.73 Å². The number of carbonyl (C=O) groups excluding carboxylic acids is 1. The molecule has 4 N–H and O–H groups in total. The minimum absolute atomic E-state index is 0.222. The molecular weight excluding hydrogens is 297 g/mol. The Kier molecular flexibility index (Phi) is 5.12. The lowest BCUT2D eigenvalue weighted by Gasteiger charge is -2.39. The molecule has 124 valence electrons. The first kappa shape index (κ1) is 17.1. The lowest BCUT2D eigenvalue weighted by molar-refractivity contribution is 0.0990. The van der Waals surface area contributed by atoms with Crippen molar-refractivity contribution in [2.45, 2.75) is 24.9 Å². The van der Waals surface area contributed by atoms with E-state index in [1.54, 1.807) is 19.1 Å². The Morgan fingerprint density at radius 2 is 2.39 bits per heavy atom. The van der Waals surface area contributed by atoms with Crippen molar-refractivity contribution < 1.29 is 13.9 Å². The normalized spacial score (nSPS) is 23.8. The van der Waals surface area contributed by atoms with Gasteiger partial charge in [-0.3, -0.25) is 4.79 Å². The summed E-state index contributed by atoms with van der Waals surface area (Å²) in [5.74, 6) is 2.30. The number of halogens is 1. The highest BCUT2D eigenvalue weighted by atomic mass is 19.1. The number of benzene rings is 1. The smallest absolute Gasteiger partial charge is 0.249 e. The Balaban J connectivity index is 2.66. The molecule has 5 nitrogen and oxygen atoms in total. The summed E-state index contributed by atoms with van der Waals surface area (Å²) < 4.78 is 20.2. The van der Waals surface area contributed by atoms with Gasteiger partial charge in [-0.1, -0.05) is 12.8 Å². The van der Waals surface area contributed by atoms with Gasteiger partial charge < -0.3 is 21.1 Å². The summed E-state index contributed by atoms with van der Waals surface area (Å²) in [5, 5.41) is 6.06. The highest BCUT2D eigenvalue weighted by molar-refractivity contribution is 5.96. The van der Waals surface area contributed by atoms with E-state index >= 15 is 0 Å². The van der Waals surface area contributed by atoms with Crippen molar-refractivity contribution >= 4 is 11.6 Å². The third-order valence-corrected chi connectivity index (χ3v) is 4.42. The molecular formula is C17H22FN3O2. The maximum absolute atomic E-state index is 14.7. The van der Waals surface area contributed by atoms with Crippen molar-refractivity contribution in [3.8, 4) is 18.1 Å². The number of nitrogens with two attached hydrogens (primary N) is 1. The number of carbonyl (C=O) groups is 1. The molecule has 1 amide bonds. The molecule has 1 fully saturated rings. The first-order valence-corrected chi connectivity index (χ1v) is 7.49. The summed E-state index contributed by atoms with van der Waals surface area (Å²) in [7, 11) is 1.49. The molecule has 1 aliphatic rings. The molecule has 0 aromatic heterocycles. The van der Waals surface area contributed by atoms with Gasteiger partial charge in [0.25, 0.3) is 0 Å². The van der Waals surface area contributed by atoms with Crippen molar-refractivity contribution in [2.75, 3.05) is 32.1 Å². The van der Waals surface area contributed by atoms with Gasteiger partial charge in [0.2, 0.25) is 5.91 Å². The van der Waals surface area contributed by atoms with E-state index in [1.165, 1.54) is 7.11 Å². The molecule has 0 aliphatic carbocycles. The maximum atomic E-state index is 14.7. The van der Waals surface area contributed by atoms with Crippen LogP contribution in [0.25, 0.3) is 0 Å². The van der Waals surface area contributed by atoms with Crippen LogP contribution >= 0.6 is 0 Å². The summed E-state index contributed by atoms with van der Waals surface area (Å²) >= 11 is 0. The fraction of sp³-hybridized carbons (Fsp3) is 0.471. The van der Waals surface area contributed by atoms with E-state index in [0.717, 1.165) is 0 Å². The SMILES string of the molecule is C#CCNc1ccc(C(N)=O)c(C2(C)CCNCC2F)c1OC. The van der Waals surface area contributed by atoms with Gasteiger partial charge in [-0.05, 0) is 25.1 Å². The van der Waals surface area contributed by atoms with E-state index < -0.39 is 17.5 Å². The molecule has 0 spiro atoms. The van der Waals surface area contributed by atoms with Gasteiger partial charge in [0.15, 0.2) is 0 Å². The van der Waals surface area contributed by atoms with Crippen LogP contribution in [-0.2, 0) is 5.41 Å². The van der Waals surface area contributed by atoms with Crippen LogP contribution in [0.2, 0.25) is 0 Å². The summed E-state index contributed by atoms with van der Waals surface area (Å²) in [6.45, 7) is 2.97. The number of alkyl halides is 1. The summed E-state index contributed by atoms with van der Waals surface area (Å²) in [4.78, 5) is 11.9. The minimum atomic E-state index is -1.16. The van der Waals surface area contributed by atoms with E-state index in [0.29, 0.717) is 36.5 Å². The number of anilines is 1.